The van der Waals surface area contributed by atoms with Crippen molar-refractivity contribution in [3.05, 3.63) is 148 Å². The van der Waals surface area contributed by atoms with E-state index in [0.717, 1.165) is 70.3 Å². The van der Waals surface area contributed by atoms with Crippen molar-refractivity contribution in [2.24, 2.45) is 5.41 Å². The Morgan fingerprint density at radius 3 is 2.34 bits per heavy atom. The second kappa shape index (κ2) is 18.4. The van der Waals surface area contributed by atoms with Crippen molar-refractivity contribution in [2.45, 2.75) is 75.9 Å². The maximum Gasteiger partial charge on any atom is 0.303 e. The van der Waals surface area contributed by atoms with E-state index in [1.165, 1.54) is 5.56 Å². The zero-order chi connectivity index (χ0) is 38.0. The Labute approximate surface area is 323 Å². The molecule has 1 aliphatic carbocycles. The lowest BCUT2D eigenvalue weighted by molar-refractivity contribution is -0.138. The number of aromatic nitrogens is 1. The molecule has 8 heteroatoms. The van der Waals surface area contributed by atoms with Crippen LogP contribution in [-0.2, 0) is 16.8 Å². The van der Waals surface area contributed by atoms with E-state index >= 15 is 0 Å². The number of fused-ring (bicyclic) bond motifs is 1. The molecule has 0 aliphatic heterocycles. The predicted octanol–water partition coefficient (Wildman–Crippen LogP) is 10.3. The number of rotatable bonds is 15. The Bertz CT molecular complexity index is 1990. The van der Waals surface area contributed by atoms with Gasteiger partial charge in [-0.3, -0.25) is 4.79 Å². The molecule has 0 amide bonds. The second-order valence-corrected chi connectivity index (χ2v) is 16.3. The van der Waals surface area contributed by atoms with Gasteiger partial charge < -0.3 is 20.6 Å². The summed E-state index contributed by atoms with van der Waals surface area (Å²) in [4.78, 5) is 16.2. The number of carboxylic acid groups (broad SMARTS) is 1. The lowest BCUT2D eigenvalue weighted by Gasteiger charge is -2.24. The maximum atomic E-state index is 11.5. The molecule has 1 heterocycles. The molecule has 4 aromatic carbocycles. The second-order valence-electron chi connectivity index (χ2n) is 14.6. The molecule has 4 N–H and O–H groups in total. The Hall–Kier alpha value is -3.98. The SMILES string of the molecule is CC(C)(O)c1ccccc1CC[C@@H](SCC1(CC(=O)O)CC1)c1cccc(/C=C/c2ccc3ccc(Cl)cc3n2)c1.CN[C@@H](C)[C@H](O)c1ccccc1. The van der Waals surface area contributed by atoms with Gasteiger partial charge >= 0.3 is 5.97 Å². The van der Waals surface area contributed by atoms with E-state index in [1.807, 2.05) is 118 Å². The van der Waals surface area contributed by atoms with E-state index in [1.54, 1.807) is 0 Å². The fourth-order valence-electron chi connectivity index (χ4n) is 6.46. The van der Waals surface area contributed by atoms with Crippen LogP contribution in [0.15, 0.2) is 109 Å². The van der Waals surface area contributed by atoms with Gasteiger partial charge in [0.2, 0.25) is 0 Å². The summed E-state index contributed by atoms with van der Waals surface area (Å²) in [5.74, 6) is 0.122. The molecular formula is C45H51ClN2O4S. The Kier molecular flexibility index (Phi) is 13.9. The molecule has 0 saturated heterocycles. The highest BCUT2D eigenvalue weighted by Crippen LogP contribution is 2.53. The van der Waals surface area contributed by atoms with Gasteiger partial charge in [-0.15, -0.1) is 0 Å². The number of aryl methyl sites for hydroxylation is 1. The van der Waals surface area contributed by atoms with Gasteiger partial charge in [-0.1, -0.05) is 109 Å². The first-order valence-electron chi connectivity index (χ1n) is 18.2. The molecule has 278 valence electrons. The minimum absolute atomic E-state index is 0.0814. The number of pyridine rings is 1. The summed E-state index contributed by atoms with van der Waals surface area (Å²) in [5.41, 5.74) is 6.11. The number of aliphatic hydroxyl groups is 2. The molecule has 5 aromatic rings. The Morgan fingerprint density at radius 1 is 0.943 bits per heavy atom. The highest BCUT2D eigenvalue weighted by Gasteiger charge is 2.44. The number of thioether (sulfide) groups is 1. The lowest BCUT2D eigenvalue weighted by atomic mass is 9.90. The number of benzene rings is 4. The van der Waals surface area contributed by atoms with Crippen LogP contribution in [0.4, 0.5) is 0 Å². The number of likely N-dealkylation sites (N-methyl/N-ethyl adjacent to an activating group) is 1. The van der Waals surface area contributed by atoms with Crippen molar-refractivity contribution in [2.75, 3.05) is 12.8 Å². The molecule has 1 aliphatic rings. The van der Waals surface area contributed by atoms with Gasteiger partial charge in [0.15, 0.2) is 0 Å². The lowest BCUT2D eigenvalue weighted by Crippen LogP contribution is -2.28. The van der Waals surface area contributed by atoms with Gasteiger partial charge in [0, 0.05) is 27.5 Å². The molecular weight excluding hydrogens is 700 g/mol. The molecule has 53 heavy (non-hydrogen) atoms. The number of hydrogen-bond donors (Lipinski definition) is 4. The normalized spacial score (nSPS) is 15.4. The van der Waals surface area contributed by atoms with Gasteiger partial charge in [-0.05, 0) is 111 Å². The van der Waals surface area contributed by atoms with Crippen LogP contribution in [0.3, 0.4) is 0 Å². The average molecular weight is 751 g/mol. The van der Waals surface area contributed by atoms with Crippen LogP contribution in [0.5, 0.6) is 0 Å². The zero-order valence-corrected chi connectivity index (χ0v) is 32.6. The molecule has 1 fully saturated rings. The monoisotopic (exact) mass is 750 g/mol. The summed E-state index contributed by atoms with van der Waals surface area (Å²) in [6.45, 7) is 5.61. The minimum Gasteiger partial charge on any atom is -0.481 e. The van der Waals surface area contributed by atoms with Crippen molar-refractivity contribution in [3.8, 4) is 0 Å². The zero-order valence-electron chi connectivity index (χ0n) is 31.0. The predicted molar refractivity (Wildman–Crippen MR) is 221 cm³/mol. The third kappa shape index (κ3) is 11.8. The molecule has 0 bridgehead atoms. The number of aliphatic carboxylic acids is 1. The summed E-state index contributed by atoms with van der Waals surface area (Å²) in [5, 5.41) is 34.8. The van der Waals surface area contributed by atoms with E-state index in [0.29, 0.717) is 5.02 Å². The Balaban J connectivity index is 0.000000384. The minimum atomic E-state index is -0.911. The maximum absolute atomic E-state index is 11.5. The van der Waals surface area contributed by atoms with Gasteiger partial charge in [0.1, 0.15) is 0 Å². The Morgan fingerprint density at radius 2 is 1.64 bits per heavy atom. The van der Waals surface area contributed by atoms with Crippen molar-refractivity contribution < 1.29 is 20.1 Å². The smallest absolute Gasteiger partial charge is 0.303 e. The van der Waals surface area contributed by atoms with E-state index in [-0.39, 0.29) is 23.1 Å². The van der Waals surface area contributed by atoms with Crippen LogP contribution >= 0.6 is 23.4 Å². The van der Waals surface area contributed by atoms with Gasteiger partial charge in [-0.25, -0.2) is 4.98 Å². The first-order valence-corrected chi connectivity index (χ1v) is 19.7. The summed E-state index contributed by atoms with van der Waals surface area (Å²) < 4.78 is 0. The van der Waals surface area contributed by atoms with Crippen LogP contribution in [0, 0.1) is 5.41 Å². The van der Waals surface area contributed by atoms with Crippen molar-refractivity contribution >= 4 is 52.4 Å². The third-order valence-corrected chi connectivity index (χ3v) is 11.8. The molecule has 0 unspecified atom stereocenters. The molecule has 1 aromatic heterocycles. The first kappa shape index (κ1) is 40.2. The fraction of sp³-hybridized carbons (Fsp3) is 0.333. The number of nitrogens with one attached hydrogen (secondary N) is 1. The van der Waals surface area contributed by atoms with Gasteiger partial charge in [-0.2, -0.15) is 11.8 Å². The number of carbonyl (C=O) groups is 1. The largest absolute Gasteiger partial charge is 0.481 e. The van der Waals surface area contributed by atoms with Gasteiger partial charge in [0.05, 0.1) is 29.3 Å². The standard InChI is InChI=1S/C35H36ClNO3S.C10H15NO/c1-34(2,40)30-9-4-3-7-25(30)13-17-32(41-23-35(18-19-35)22-33(38)39)27-8-5-6-24(20-27)10-15-29-16-12-26-11-14-28(36)21-31(26)37-29;1-8(11-2)10(12)9-6-4-3-5-7-9/h3-12,14-16,20-21,32,40H,13,17-19,22-23H2,1-2H3,(H,38,39);3-8,10-12H,1-2H3/b15-10+;/t32-;8-,10-/m10/s1. The highest BCUT2D eigenvalue weighted by atomic mass is 35.5. The van der Waals surface area contributed by atoms with Crippen LogP contribution in [0.2, 0.25) is 5.02 Å². The van der Waals surface area contributed by atoms with Crippen LogP contribution in [0.1, 0.15) is 91.3 Å². The summed E-state index contributed by atoms with van der Waals surface area (Å²) in [7, 11) is 1.84. The average Bonchev–Trinajstić information content (AvgIpc) is 3.92. The quantitative estimate of drug-likeness (QED) is 0.0845. The molecule has 6 rings (SSSR count). The molecule has 3 atom stereocenters. The first-order chi connectivity index (χ1) is 25.4. The van der Waals surface area contributed by atoms with Crippen molar-refractivity contribution in [3.63, 3.8) is 0 Å². The summed E-state index contributed by atoms with van der Waals surface area (Å²) >= 11 is 8.04. The number of carboxylic acids is 1. The summed E-state index contributed by atoms with van der Waals surface area (Å²) in [6, 6.07) is 36.2. The third-order valence-electron chi connectivity index (χ3n) is 9.90. The number of halogens is 1. The van der Waals surface area contributed by atoms with E-state index in [2.05, 4.69) is 47.8 Å². The number of aliphatic hydroxyl groups excluding tert-OH is 1. The number of nitrogens with zero attached hydrogens (tertiary/aromatic N) is 1. The topological polar surface area (TPSA) is 103 Å². The fourth-order valence-corrected chi connectivity index (χ4v) is 8.19. The van der Waals surface area contributed by atoms with Crippen LogP contribution in [-0.4, -0.2) is 45.1 Å². The highest BCUT2D eigenvalue weighted by molar-refractivity contribution is 7.99. The van der Waals surface area contributed by atoms with Crippen molar-refractivity contribution in [1.29, 1.82) is 0 Å². The molecule has 1 saturated carbocycles. The summed E-state index contributed by atoms with van der Waals surface area (Å²) in [6.07, 6.45) is 7.60. The molecule has 0 radical (unpaired) electrons. The molecule has 6 nitrogen and oxygen atoms in total. The number of hydrogen-bond acceptors (Lipinski definition) is 6. The van der Waals surface area contributed by atoms with E-state index < -0.39 is 17.7 Å². The molecule has 0 spiro atoms. The van der Waals surface area contributed by atoms with E-state index in [4.69, 9.17) is 16.6 Å². The van der Waals surface area contributed by atoms with Crippen LogP contribution in [0.25, 0.3) is 23.1 Å². The van der Waals surface area contributed by atoms with Crippen molar-refractivity contribution in [1.82, 2.24) is 10.3 Å². The van der Waals surface area contributed by atoms with Crippen LogP contribution < -0.4 is 5.32 Å². The van der Waals surface area contributed by atoms with E-state index in [9.17, 15) is 20.1 Å². The van der Waals surface area contributed by atoms with Gasteiger partial charge in [0.25, 0.3) is 0 Å².